The maximum Gasteiger partial charge on any atom is 0.165 e. The lowest BCUT2D eigenvalue weighted by Crippen LogP contribution is -2.04. The highest BCUT2D eigenvalue weighted by Crippen LogP contribution is 2.43. The van der Waals surface area contributed by atoms with Crippen molar-refractivity contribution in [3.05, 3.63) is 212 Å². The maximum absolute atomic E-state index is 5.58. The minimum Gasteiger partial charge on any atom is -0.309 e. The first-order valence-corrected chi connectivity index (χ1v) is 21.5. The molecule has 5 heteroatoms. The average Bonchev–Trinajstić information content (AvgIpc) is 3.99. The molecule has 0 saturated carbocycles. The lowest BCUT2D eigenvalue weighted by Gasteiger charge is -2.15. The van der Waals surface area contributed by atoms with Gasteiger partial charge in [0.05, 0.1) is 44.1 Å². The Morgan fingerprint density at radius 2 is 0.810 bits per heavy atom. The predicted octanol–water partition coefficient (Wildman–Crippen LogP) is 14.9. The van der Waals surface area contributed by atoms with Gasteiger partial charge in [0, 0.05) is 49.3 Å². The minimum atomic E-state index is 0.792. The predicted molar refractivity (Wildman–Crippen MR) is 263 cm³/mol. The summed E-state index contributed by atoms with van der Waals surface area (Å²) >= 11 is 0. The van der Waals surface area contributed by atoms with E-state index in [2.05, 4.69) is 220 Å². The van der Waals surface area contributed by atoms with Crippen molar-refractivity contribution in [2.75, 3.05) is 0 Å². The van der Waals surface area contributed by atoms with Crippen LogP contribution in [0.15, 0.2) is 212 Å². The molecule has 0 saturated heterocycles. The summed E-state index contributed by atoms with van der Waals surface area (Å²) in [6.07, 6.45) is 0. The third-order valence-corrected chi connectivity index (χ3v) is 13.2. The highest BCUT2D eigenvalue weighted by Gasteiger charge is 2.23. The molecule has 0 radical (unpaired) electrons. The van der Waals surface area contributed by atoms with Crippen molar-refractivity contribution in [2.45, 2.75) is 0 Å². The van der Waals surface area contributed by atoms with Gasteiger partial charge in [-0.1, -0.05) is 140 Å². The molecule has 0 aliphatic rings. The molecule has 0 aliphatic heterocycles. The van der Waals surface area contributed by atoms with Crippen LogP contribution in [0.4, 0.5) is 0 Å². The van der Waals surface area contributed by atoms with E-state index in [4.69, 9.17) is 9.97 Å². The van der Waals surface area contributed by atoms with E-state index < -0.39 is 0 Å². The first kappa shape index (κ1) is 34.2. The molecule has 63 heavy (non-hydrogen) atoms. The molecule has 0 N–H and O–H groups in total. The summed E-state index contributed by atoms with van der Waals surface area (Å²) in [5, 5.41) is 12.1. The number of hydrogen-bond donors (Lipinski definition) is 0. The van der Waals surface area contributed by atoms with E-state index >= 15 is 0 Å². The van der Waals surface area contributed by atoms with E-state index in [0.717, 1.165) is 56.0 Å². The van der Waals surface area contributed by atoms with Crippen LogP contribution >= 0.6 is 0 Å². The molecule has 292 valence electrons. The fraction of sp³-hybridized carbons (Fsp3) is 0. The monoisotopic (exact) mass is 801 g/mol. The average molecular weight is 802 g/mol. The molecule has 0 unspecified atom stereocenters. The van der Waals surface area contributed by atoms with Gasteiger partial charge in [-0.05, 0) is 94.3 Å². The van der Waals surface area contributed by atoms with Crippen molar-refractivity contribution in [3.8, 4) is 28.5 Å². The quantitative estimate of drug-likeness (QED) is 0.178. The van der Waals surface area contributed by atoms with Crippen LogP contribution in [0.25, 0.3) is 126 Å². The largest absolute Gasteiger partial charge is 0.309 e. The van der Waals surface area contributed by atoms with Gasteiger partial charge in [0.2, 0.25) is 0 Å². The van der Waals surface area contributed by atoms with E-state index in [1.165, 1.54) is 70.4 Å². The van der Waals surface area contributed by atoms with Gasteiger partial charge in [-0.15, -0.1) is 0 Å². The molecule has 0 fully saturated rings. The number of para-hydroxylation sites is 5. The molecular weight excluding hydrogens is 767 g/mol. The van der Waals surface area contributed by atoms with Gasteiger partial charge in [-0.25, -0.2) is 9.97 Å². The molecule has 0 spiro atoms. The molecule has 4 heterocycles. The molecule has 0 atom stereocenters. The van der Waals surface area contributed by atoms with Crippen LogP contribution in [-0.2, 0) is 0 Å². The first-order chi connectivity index (χ1) is 31.3. The number of fused-ring (bicyclic) bond motifs is 14. The van der Waals surface area contributed by atoms with Crippen molar-refractivity contribution in [2.24, 2.45) is 0 Å². The van der Waals surface area contributed by atoms with Crippen LogP contribution in [-0.4, -0.2) is 23.7 Å². The lowest BCUT2D eigenvalue weighted by atomic mass is 10.0. The van der Waals surface area contributed by atoms with Crippen LogP contribution < -0.4 is 0 Å². The molecule has 4 aromatic heterocycles. The van der Waals surface area contributed by atoms with Gasteiger partial charge in [-0.3, -0.25) is 4.57 Å². The molecule has 0 aliphatic carbocycles. The van der Waals surface area contributed by atoms with Crippen LogP contribution in [0.5, 0.6) is 0 Å². The van der Waals surface area contributed by atoms with E-state index in [-0.39, 0.29) is 0 Å². The number of nitrogens with zero attached hydrogens (tertiary/aromatic N) is 5. The molecule has 14 rings (SSSR count). The zero-order valence-corrected chi connectivity index (χ0v) is 33.9. The Morgan fingerprint density at radius 1 is 0.286 bits per heavy atom. The van der Waals surface area contributed by atoms with Crippen LogP contribution in [0.1, 0.15) is 0 Å². The van der Waals surface area contributed by atoms with E-state index in [9.17, 15) is 0 Å². The third-order valence-electron chi connectivity index (χ3n) is 13.2. The van der Waals surface area contributed by atoms with Gasteiger partial charge >= 0.3 is 0 Å². The second-order valence-corrected chi connectivity index (χ2v) is 16.6. The van der Waals surface area contributed by atoms with Crippen LogP contribution in [0, 0.1) is 0 Å². The maximum atomic E-state index is 5.58. The van der Waals surface area contributed by atoms with Gasteiger partial charge in [0.15, 0.2) is 5.82 Å². The fourth-order valence-corrected chi connectivity index (χ4v) is 10.5. The number of benzene rings is 10. The number of aromatic nitrogens is 5. The van der Waals surface area contributed by atoms with Crippen molar-refractivity contribution < 1.29 is 0 Å². The fourth-order valence-electron chi connectivity index (χ4n) is 10.5. The van der Waals surface area contributed by atoms with E-state index in [0.29, 0.717) is 0 Å². The van der Waals surface area contributed by atoms with Crippen molar-refractivity contribution in [3.63, 3.8) is 0 Å². The van der Waals surface area contributed by atoms with Crippen molar-refractivity contribution >= 4 is 98.0 Å². The Morgan fingerprint density at radius 3 is 1.54 bits per heavy atom. The smallest absolute Gasteiger partial charge is 0.165 e. The third kappa shape index (κ3) is 4.87. The topological polar surface area (TPSA) is 40.6 Å². The summed E-state index contributed by atoms with van der Waals surface area (Å²) in [7, 11) is 0. The second-order valence-electron chi connectivity index (χ2n) is 16.6. The van der Waals surface area contributed by atoms with Gasteiger partial charge in [0.1, 0.15) is 5.69 Å². The standard InChI is InChI=1S/C58H35N5/c1-2-16-39(17-3-1)61-49-24-12-8-20-43(49)46-34-38(28-31-51(46)61)57-58(60-48-23-11-10-22-47(48)59-57)63-53-33-27-37-15-5-7-19-42(37)56(53)45-30-29-40(35-54(45)63)62-50-25-13-9-21-44(50)55-41-18-6-4-14-36(41)26-32-52(55)62/h1-35H. The zero-order valence-electron chi connectivity index (χ0n) is 33.9. The highest BCUT2D eigenvalue weighted by molar-refractivity contribution is 6.23. The summed E-state index contributed by atoms with van der Waals surface area (Å²) in [6.45, 7) is 0. The number of hydrogen-bond acceptors (Lipinski definition) is 2. The molecule has 10 aromatic carbocycles. The second kappa shape index (κ2) is 13.0. The zero-order chi connectivity index (χ0) is 41.2. The molecule has 5 nitrogen and oxygen atoms in total. The Hall–Kier alpha value is -8.54. The summed E-state index contributed by atoms with van der Waals surface area (Å²) in [6, 6.07) is 76.6. The van der Waals surface area contributed by atoms with Crippen molar-refractivity contribution in [1.82, 2.24) is 23.7 Å². The van der Waals surface area contributed by atoms with Crippen molar-refractivity contribution in [1.29, 1.82) is 0 Å². The Labute approximate surface area is 360 Å². The Bertz CT molecular complexity index is 4210. The van der Waals surface area contributed by atoms with Crippen LogP contribution in [0.2, 0.25) is 0 Å². The Kier molecular flexibility index (Phi) is 7.05. The lowest BCUT2D eigenvalue weighted by molar-refractivity contribution is 1.08. The SMILES string of the molecule is c1ccc(-n2c3ccccc3c3cc(-c4nc5ccccc5nc4-n4c5cc(-n6c7ccccc7c7c8ccccc8ccc76)ccc5c5c6ccccc6ccc54)ccc32)cc1. The van der Waals surface area contributed by atoms with Gasteiger partial charge < -0.3 is 9.13 Å². The normalized spacial score (nSPS) is 12.1. The summed E-state index contributed by atoms with van der Waals surface area (Å²) in [4.78, 5) is 11.1. The molecule has 0 bridgehead atoms. The molecular formula is C58H35N5. The van der Waals surface area contributed by atoms with Crippen LogP contribution in [0.3, 0.4) is 0 Å². The summed E-state index contributed by atoms with van der Waals surface area (Å²) in [5.41, 5.74) is 12.6. The molecule has 0 amide bonds. The first-order valence-electron chi connectivity index (χ1n) is 21.5. The van der Waals surface area contributed by atoms with Gasteiger partial charge in [-0.2, -0.15) is 0 Å². The highest BCUT2D eigenvalue weighted by atomic mass is 15.1. The van der Waals surface area contributed by atoms with E-state index in [1.54, 1.807) is 0 Å². The Balaban J connectivity index is 1.09. The summed E-state index contributed by atoms with van der Waals surface area (Å²) in [5.74, 6) is 0.792. The van der Waals surface area contributed by atoms with Gasteiger partial charge in [0.25, 0.3) is 0 Å². The number of rotatable bonds is 4. The summed E-state index contributed by atoms with van der Waals surface area (Å²) < 4.78 is 7.16. The van der Waals surface area contributed by atoms with E-state index in [1.807, 2.05) is 6.07 Å². The minimum absolute atomic E-state index is 0.792. The molecule has 14 aromatic rings.